The molecule has 0 saturated heterocycles. The molecule has 1 unspecified atom stereocenters. The van der Waals surface area contributed by atoms with Crippen molar-refractivity contribution < 1.29 is 0 Å². The first-order valence-electron chi connectivity index (χ1n) is 7.76. The minimum atomic E-state index is 0.446. The Kier molecular flexibility index (Phi) is 3.01. The Balaban J connectivity index is 1.67. The average Bonchev–Trinajstić information content (AvgIpc) is 2.77. The number of fused-ring (bicyclic) bond motifs is 1. The lowest BCUT2D eigenvalue weighted by atomic mass is 9.83. The molecule has 0 amide bonds. The van der Waals surface area contributed by atoms with Crippen molar-refractivity contribution in [1.82, 2.24) is 5.32 Å². The second-order valence-corrected chi connectivity index (χ2v) is 7.57. The van der Waals surface area contributed by atoms with E-state index in [1.807, 2.05) is 0 Å². The van der Waals surface area contributed by atoms with Gasteiger partial charge in [-0.3, -0.25) is 0 Å². The predicted molar refractivity (Wildman–Crippen MR) is 81.5 cm³/mol. The first-order chi connectivity index (χ1) is 8.94. The molecular formula is C18H27N. The van der Waals surface area contributed by atoms with Crippen molar-refractivity contribution in [1.29, 1.82) is 0 Å². The summed E-state index contributed by atoms with van der Waals surface area (Å²) >= 11 is 0. The number of hydrogen-bond donors (Lipinski definition) is 1. The molecule has 0 spiro atoms. The summed E-state index contributed by atoms with van der Waals surface area (Å²) in [6.45, 7) is 10.7. The van der Waals surface area contributed by atoms with Crippen LogP contribution >= 0.6 is 0 Å². The highest BCUT2D eigenvalue weighted by molar-refractivity contribution is 5.33. The molecule has 1 fully saturated rings. The maximum absolute atomic E-state index is 3.85. The normalized spacial score (nSPS) is 27.9. The van der Waals surface area contributed by atoms with Gasteiger partial charge in [0, 0.05) is 12.6 Å². The van der Waals surface area contributed by atoms with E-state index in [0.29, 0.717) is 16.9 Å². The fourth-order valence-corrected chi connectivity index (χ4v) is 4.03. The molecular weight excluding hydrogens is 230 g/mol. The summed E-state index contributed by atoms with van der Waals surface area (Å²) < 4.78 is 0. The molecule has 19 heavy (non-hydrogen) atoms. The van der Waals surface area contributed by atoms with Crippen LogP contribution in [0.2, 0.25) is 0 Å². The summed E-state index contributed by atoms with van der Waals surface area (Å²) in [6.07, 6.45) is 3.96. The van der Waals surface area contributed by atoms with Crippen LogP contribution in [0.5, 0.6) is 0 Å². The van der Waals surface area contributed by atoms with E-state index in [9.17, 15) is 0 Å². The van der Waals surface area contributed by atoms with Gasteiger partial charge in [-0.25, -0.2) is 0 Å². The molecule has 2 aliphatic rings. The van der Waals surface area contributed by atoms with Crippen molar-refractivity contribution in [3.8, 4) is 0 Å². The molecule has 1 N–H and O–H groups in total. The Morgan fingerprint density at radius 1 is 1.11 bits per heavy atom. The number of nitrogens with one attached hydrogen (secondary N) is 1. The minimum Gasteiger partial charge on any atom is -0.312 e. The van der Waals surface area contributed by atoms with Crippen molar-refractivity contribution in [3.05, 3.63) is 35.4 Å². The first kappa shape index (κ1) is 13.2. The lowest BCUT2D eigenvalue weighted by molar-refractivity contribution is 0.457. The molecule has 1 nitrogen and oxygen atoms in total. The van der Waals surface area contributed by atoms with Gasteiger partial charge < -0.3 is 5.32 Å². The number of aryl methyl sites for hydroxylation is 1. The number of rotatable bonds is 3. The van der Waals surface area contributed by atoms with Crippen LogP contribution in [0.4, 0.5) is 0 Å². The highest BCUT2D eigenvalue weighted by Gasteiger charge is 2.64. The smallest absolute Gasteiger partial charge is 0.0181 e. The van der Waals surface area contributed by atoms with Crippen molar-refractivity contribution in [2.45, 2.75) is 58.9 Å². The van der Waals surface area contributed by atoms with Crippen LogP contribution in [-0.4, -0.2) is 12.6 Å². The third-order valence-corrected chi connectivity index (χ3v) is 6.08. The zero-order valence-electron chi connectivity index (χ0n) is 12.8. The van der Waals surface area contributed by atoms with Crippen molar-refractivity contribution in [3.63, 3.8) is 0 Å². The van der Waals surface area contributed by atoms with Crippen LogP contribution in [0.25, 0.3) is 0 Å². The third kappa shape index (κ3) is 2.03. The zero-order valence-corrected chi connectivity index (χ0v) is 12.8. The highest BCUT2D eigenvalue weighted by atomic mass is 15.0. The number of benzene rings is 1. The lowest BCUT2D eigenvalue weighted by Crippen LogP contribution is -2.29. The van der Waals surface area contributed by atoms with E-state index >= 15 is 0 Å². The topological polar surface area (TPSA) is 12.0 Å². The summed E-state index contributed by atoms with van der Waals surface area (Å²) in [4.78, 5) is 0. The SMILES string of the molecule is CC1(C)C(NCC2CCCc3ccccc32)C1(C)C. The predicted octanol–water partition coefficient (Wildman–Crippen LogP) is 4.13. The minimum absolute atomic E-state index is 0.446. The fraction of sp³-hybridized carbons (Fsp3) is 0.667. The molecule has 0 heterocycles. The van der Waals surface area contributed by atoms with E-state index in [0.717, 1.165) is 12.5 Å². The van der Waals surface area contributed by atoms with Gasteiger partial charge in [0.05, 0.1) is 0 Å². The van der Waals surface area contributed by atoms with Crippen molar-refractivity contribution >= 4 is 0 Å². The Labute approximate surface area is 117 Å². The summed E-state index contributed by atoms with van der Waals surface area (Å²) in [5.74, 6) is 0.720. The van der Waals surface area contributed by atoms with Crippen LogP contribution in [-0.2, 0) is 6.42 Å². The molecule has 1 atom stereocenters. The summed E-state index contributed by atoms with van der Waals surface area (Å²) in [5.41, 5.74) is 4.06. The number of hydrogen-bond acceptors (Lipinski definition) is 1. The molecule has 0 radical (unpaired) electrons. The molecule has 0 aliphatic heterocycles. The Bertz CT molecular complexity index is 458. The van der Waals surface area contributed by atoms with Gasteiger partial charge in [0.2, 0.25) is 0 Å². The van der Waals surface area contributed by atoms with Gasteiger partial charge in [0.1, 0.15) is 0 Å². The maximum Gasteiger partial charge on any atom is 0.0181 e. The zero-order chi connectivity index (χ0) is 13.7. The fourth-order valence-electron chi connectivity index (χ4n) is 4.03. The first-order valence-corrected chi connectivity index (χ1v) is 7.76. The lowest BCUT2D eigenvalue weighted by Gasteiger charge is -2.26. The van der Waals surface area contributed by atoms with E-state index in [2.05, 4.69) is 57.3 Å². The second kappa shape index (κ2) is 4.34. The van der Waals surface area contributed by atoms with Crippen LogP contribution in [0, 0.1) is 10.8 Å². The van der Waals surface area contributed by atoms with Crippen LogP contribution in [0.1, 0.15) is 57.6 Å². The van der Waals surface area contributed by atoms with Crippen LogP contribution in [0.3, 0.4) is 0 Å². The quantitative estimate of drug-likeness (QED) is 0.858. The summed E-state index contributed by atoms with van der Waals surface area (Å²) in [5, 5.41) is 3.85. The van der Waals surface area contributed by atoms with Gasteiger partial charge in [-0.05, 0) is 47.1 Å². The molecule has 1 aromatic rings. The van der Waals surface area contributed by atoms with Crippen molar-refractivity contribution in [2.24, 2.45) is 10.8 Å². The standard InChI is InChI=1S/C18H27N/c1-17(2)16(18(17,3)4)19-12-14-10-7-9-13-8-5-6-11-15(13)14/h5-6,8,11,14,16,19H,7,9-10,12H2,1-4H3. The van der Waals surface area contributed by atoms with Crippen LogP contribution in [0.15, 0.2) is 24.3 Å². The van der Waals surface area contributed by atoms with Gasteiger partial charge >= 0.3 is 0 Å². The molecule has 3 rings (SSSR count). The van der Waals surface area contributed by atoms with Crippen molar-refractivity contribution in [2.75, 3.05) is 6.54 Å². The van der Waals surface area contributed by atoms with Gasteiger partial charge in [-0.1, -0.05) is 52.0 Å². The van der Waals surface area contributed by atoms with Gasteiger partial charge in [-0.2, -0.15) is 0 Å². The molecule has 104 valence electrons. The Hall–Kier alpha value is -0.820. The van der Waals surface area contributed by atoms with Gasteiger partial charge in [0.25, 0.3) is 0 Å². The van der Waals surface area contributed by atoms with E-state index in [-0.39, 0.29) is 0 Å². The van der Waals surface area contributed by atoms with E-state index < -0.39 is 0 Å². The summed E-state index contributed by atoms with van der Waals surface area (Å²) in [7, 11) is 0. The largest absolute Gasteiger partial charge is 0.312 e. The van der Waals surface area contributed by atoms with Crippen LogP contribution < -0.4 is 5.32 Å². The average molecular weight is 257 g/mol. The molecule has 0 bridgehead atoms. The third-order valence-electron chi connectivity index (χ3n) is 6.08. The molecule has 1 aromatic carbocycles. The monoisotopic (exact) mass is 257 g/mol. The van der Waals surface area contributed by atoms with E-state index in [1.165, 1.54) is 19.3 Å². The van der Waals surface area contributed by atoms with E-state index in [4.69, 9.17) is 0 Å². The molecule has 1 saturated carbocycles. The molecule has 0 aromatic heterocycles. The molecule has 2 aliphatic carbocycles. The highest BCUT2D eigenvalue weighted by Crippen LogP contribution is 2.62. The van der Waals surface area contributed by atoms with Gasteiger partial charge in [0.15, 0.2) is 0 Å². The summed E-state index contributed by atoms with van der Waals surface area (Å²) in [6, 6.07) is 9.70. The second-order valence-electron chi connectivity index (χ2n) is 7.57. The van der Waals surface area contributed by atoms with Gasteiger partial charge in [-0.15, -0.1) is 0 Å². The Morgan fingerprint density at radius 3 is 2.47 bits per heavy atom. The molecule has 1 heteroatoms. The van der Waals surface area contributed by atoms with E-state index in [1.54, 1.807) is 11.1 Å². The maximum atomic E-state index is 3.85. The Morgan fingerprint density at radius 2 is 1.79 bits per heavy atom.